The van der Waals surface area contributed by atoms with Crippen molar-refractivity contribution in [3.05, 3.63) is 29.3 Å². The van der Waals surface area contributed by atoms with Crippen LogP contribution in [0.4, 0.5) is 5.69 Å². The number of nitrogens with one attached hydrogen (secondary N) is 2. The first-order valence-corrected chi connectivity index (χ1v) is 5.85. The molecule has 2 atom stereocenters. The van der Waals surface area contributed by atoms with E-state index >= 15 is 0 Å². The minimum Gasteiger partial charge on any atom is -0.481 e. The lowest BCUT2D eigenvalue weighted by molar-refractivity contribution is -0.142. The second-order valence-corrected chi connectivity index (χ2v) is 4.53. The number of carbonyl (C=O) groups excluding carboxylic acids is 1. The van der Waals surface area contributed by atoms with Crippen LogP contribution >= 0.6 is 0 Å². The van der Waals surface area contributed by atoms with Crippen molar-refractivity contribution in [2.45, 2.75) is 19.4 Å². The molecule has 1 aliphatic heterocycles. The summed E-state index contributed by atoms with van der Waals surface area (Å²) in [7, 11) is 1.74. The van der Waals surface area contributed by atoms with E-state index in [-0.39, 0.29) is 11.9 Å². The highest BCUT2D eigenvalue weighted by molar-refractivity contribution is 5.99. The van der Waals surface area contributed by atoms with Gasteiger partial charge in [0.05, 0.1) is 12.3 Å². The van der Waals surface area contributed by atoms with Crippen LogP contribution in [-0.4, -0.2) is 24.0 Å². The van der Waals surface area contributed by atoms with Gasteiger partial charge in [0.15, 0.2) is 0 Å². The van der Waals surface area contributed by atoms with Gasteiger partial charge in [-0.15, -0.1) is 0 Å². The van der Waals surface area contributed by atoms with Crippen molar-refractivity contribution >= 4 is 17.6 Å². The second-order valence-electron chi connectivity index (χ2n) is 4.53. The maximum absolute atomic E-state index is 11.3. The quantitative estimate of drug-likeness (QED) is 0.747. The van der Waals surface area contributed by atoms with Crippen LogP contribution in [0.15, 0.2) is 18.2 Å². The van der Waals surface area contributed by atoms with E-state index in [1.165, 1.54) is 0 Å². The normalized spacial score (nSPS) is 16.9. The molecule has 1 aromatic carbocycles. The summed E-state index contributed by atoms with van der Waals surface area (Å²) in [5.41, 5.74) is 2.64. The molecule has 0 radical (unpaired) electrons. The zero-order valence-electron chi connectivity index (χ0n) is 10.4. The Labute approximate surface area is 105 Å². The third kappa shape index (κ3) is 2.22. The third-order valence-corrected chi connectivity index (χ3v) is 3.31. The summed E-state index contributed by atoms with van der Waals surface area (Å²) in [6.07, 6.45) is 0.362. The molecule has 5 nitrogen and oxygen atoms in total. The molecule has 0 saturated heterocycles. The Morgan fingerprint density at radius 1 is 1.50 bits per heavy atom. The van der Waals surface area contributed by atoms with Gasteiger partial charge in [0.2, 0.25) is 5.91 Å². The second kappa shape index (κ2) is 4.78. The number of rotatable bonds is 4. The average molecular weight is 248 g/mol. The molecule has 0 saturated carbocycles. The molecule has 1 amide bonds. The smallest absolute Gasteiger partial charge is 0.308 e. The Kier molecular flexibility index (Phi) is 3.34. The van der Waals surface area contributed by atoms with E-state index < -0.39 is 11.9 Å². The van der Waals surface area contributed by atoms with Gasteiger partial charge in [-0.05, 0) is 24.2 Å². The van der Waals surface area contributed by atoms with Crippen LogP contribution in [0.2, 0.25) is 0 Å². The minimum absolute atomic E-state index is 0.0190. The van der Waals surface area contributed by atoms with E-state index in [1.807, 2.05) is 18.2 Å². The largest absolute Gasteiger partial charge is 0.481 e. The Hall–Kier alpha value is -1.88. The molecule has 0 aliphatic carbocycles. The molecule has 2 unspecified atom stereocenters. The molecule has 0 aromatic heterocycles. The van der Waals surface area contributed by atoms with E-state index in [1.54, 1.807) is 14.0 Å². The van der Waals surface area contributed by atoms with Gasteiger partial charge in [0, 0.05) is 11.7 Å². The molecule has 1 aromatic rings. The van der Waals surface area contributed by atoms with Crippen LogP contribution in [0.5, 0.6) is 0 Å². The fourth-order valence-corrected chi connectivity index (χ4v) is 2.29. The van der Waals surface area contributed by atoms with Crippen molar-refractivity contribution in [3.8, 4) is 0 Å². The summed E-state index contributed by atoms with van der Waals surface area (Å²) < 4.78 is 0. The molecule has 0 fully saturated rings. The van der Waals surface area contributed by atoms with Crippen molar-refractivity contribution in [2.24, 2.45) is 5.92 Å². The first-order valence-electron chi connectivity index (χ1n) is 5.85. The first-order chi connectivity index (χ1) is 8.52. The lowest BCUT2D eigenvalue weighted by Crippen LogP contribution is -2.28. The van der Waals surface area contributed by atoms with Gasteiger partial charge in [-0.3, -0.25) is 9.59 Å². The van der Waals surface area contributed by atoms with Crippen LogP contribution in [-0.2, 0) is 16.0 Å². The molecular formula is C13H16N2O3. The lowest BCUT2D eigenvalue weighted by atomic mass is 9.93. The molecule has 1 aliphatic rings. The predicted molar refractivity (Wildman–Crippen MR) is 67.4 cm³/mol. The van der Waals surface area contributed by atoms with Gasteiger partial charge in [-0.2, -0.15) is 0 Å². The van der Waals surface area contributed by atoms with Crippen molar-refractivity contribution in [1.29, 1.82) is 0 Å². The molecule has 1 heterocycles. The van der Waals surface area contributed by atoms with Crippen LogP contribution < -0.4 is 10.6 Å². The maximum atomic E-state index is 11.3. The van der Waals surface area contributed by atoms with Gasteiger partial charge in [-0.1, -0.05) is 19.1 Å². The highest BCUT2D eigenvalue weighted by Gasteiger charge is 2.25. The molecule has 5 heteroatoms. The zero-order valence-corrected chi connectivity index (χ0v) is 10.4. The van der Waals surface area contributed by atoms with Crippen molar-refractivity contribution in [2.75, 3.05) is 12.4 Å². The highest BCUT2D eigenvalue weighted by atomic mass is 16.4. The number of benzene rings is 1. The topological polar surface area (TPSA) is 78.4 Å². The van der Waals surface area contributed by atoms with E-state index in [9.17, 15) is 9.59 Å². The van der Waals surface area contributed by atoms with Crippen LogP contribution in [0.3, 0.4) is 0 Å². The molecule has 3 N–H and O–H groups in total. The van der Waals surface area contributed by atoms with Gasteiger partial charge >= 0.3 is 5.97 Å². The SMILES string of the molecule is CNC(c1ccc2c(c1)CC(=O)N2)C(C)C(=O)O. The van der Waals surface area contributed by atoms with Crippen molar-refractivity contribution in [3.63, 3.8) is 0 Å². The summed E-state index contributed by atoms with van der Waals surface area (Å²) in [5, 5.41) is 14.8. The van der Waals surface area contributed by atoms with E-state index in [0.29, 0.717) is 6.42 Å². The summed E-state index contributed by atoms with van der Waals surface area (Å²) in [5.74, 6) is -1.39. The van der Waals surface area contributed by atoms with Crippen LogP contribution in [0, 0.1) is 5.92 Å². The molecule has 2 rings (SSSR count). The fourth-order valence-electron chi connectivity index (χ4n) is 2.29. The molecule has 0 bridgehead atoms. The number of carboxylic acids is 1. The van der Waals surface area contributed by atoms with Gasteiger partial charge in [0.1, 0.15) is 0 Å². The summed E-state index contributed by atoms with van der Waals surface area (Å²) >= 11 is 0. The summed E-state index contributed by atoms with van der Waals surface area (Å²) in [6.45, 7) is 1.67. The number of hydrogen-bond donors (Lipinski definition) is 3. The third-order valence-electron chi connectivity index (χ3n) is 3.31. The Balaban J connectivity index is 2.31. The number of fused-ring (bicyclic) bond motifs is 1. The minimum atomic E-state index is -0.843. The first kappa shape index (κ1) is 12.6. The number of carbonyl (C=O) groups is 2. The van der Waals surface area contributed by atoms with Gasteiger partial charge < -0.3 is 15.7 Å². The summed E-state index contributed by atoms with van der Waals surface area (Å²) in [4.78, 5) is 22.3. The number of hydrogen-bond acceptors (Lipinski definition) is 3. The average Bonchev–Trinajstić information content (AvgIpc) is 2.69. The van der Waals surface area contributed by atoms with Crippen molar-refractivity contribution < 1.29 is 14.7 Å². The fraction of sp³-hybridized carbons (Fsp3) is 0.385. The van der Waals surface area contributed by atoms with E-state index in [0.717, 1.165) is 16.8 Å². The lowest BCUT2D eigenvalue weighted by Gasteiger charge is -2.21. The maximum Gasteiger partial charge on any atom is 0.308 e. The molecule has 18 heavy (non-hydrogen) atoms. The number of carboxylic acid groups (broad SMARTS) is 1. The van der Waals surface area contributed by atoms with Crippen molar-refractivity contribution in [1.82, 2.24) is 5.32 Å². The zero-order chi connectivity index (χ0) is 13.3. The number of amides is 1. The molecule has 96 valence electrons. The molecular weight excluding hydrogens is 232 g/mol. The van der Waals surface area contributed by atoms with Gasteiger partial charge in [0.25, 0.3) is 0 Å². The van der Waals surface area contributed by atoms with E-state index in [4.69, 9.17) is 5.11 Å². The standard InChI is InChI=1S/C13H16N2O3/c1-7(13(17)18)12(14-2)8-3-4-10-9(5-8)6-11(16)15-10/h3-5,7,12,14H,6H2,1-2H3,(H,15,16)(H,17,18). The van der Waals surface area contributed by atoms with Crippen LogP contribution in [0.1, 0.15) is 24.1 Å². The monoisotopic (exact) mass is 248 g/mol. The summed E-state index contributed by atoms with van der Waals surface area (Å²) in [6, 6.07) is 5.32. The molecule has 0 spiro atoms. The number of anilines is 1. The predicted octanol–water partition coefficient (Wildman–Crippen LogP) is 1.16. The Morgan fingerprint density at radius 2 is 2.22 bits per heavy atom. The Bertz CT molecular complexity index is 499. The number of aliphatic carboxylic acids is 1. The van der Waals surface area contributed by atoms with E-state index in [2.05, 4.69) is 10.6 Å². The highest BCUT2D eigenvalue weighted by Crippen LogP contribution is 2.29. The Morgan fingerprint density at radius 3 is 2.83 bits per heavy atom. The van der Waals surface area contributed by atoms with Gasteiger partial charge in [-0.25, -0.2) is 0 Å². The van der Waals surface area contributed by atoms with Crippen LogP contribution in [0.25, 0.3) is 0 Å².